The van der Waals surface area contributed by atoms with Crippen molar-refractivity contribution in [3.05, 3.63) is 17.5 Å². The van der Waals surface area contributed by atoms with E-state index in [4.69, 9.17) is 4.74 Å². The van der Waals surface area contributed by atoms with Crippen molar-refractivity contribution < 1.29 is 4.74 Å². The van der Waals surface area contributed by atoms with Crippen molar-refractivity contribution >= 4 is 0 Å². The van der Waals surface area contributed by atoms with Crippen LogP contribution in [0.3, 0.4) is 0 Å². The molecule has 4 heteroatoms. The minimum Gasteiger partial charge on any atom is -0.385 e. The van der Waals surface area contributed by atoms with E-state index < -0.39 is 0 Å². The largest absolute Gasteiger partial charge is 0.385 e. The zero-order chi connectivity index (χ0) is 10.4. The van der Waals surface area contributed by atoms with Gasteiger partial charge in [0.15, 0.2) is 0 Å². The maximum absolute atomic E-state index is 5.01. The number of H-pyrrole nitrogens is 1. The zero-order valence-corrected chi connectivity index (χ0v) is 9.13. The fraction of sp³-hybridized carbons (Fsp3) is 0.700. The molecule has 0 radical (unpaired) electrons. The van der Waals surface area contributed by atoms with Crippen LogP contribution in [0.15, 0.2) is 6.20 Å². The Morgan fingerprint density at radius 1 is 1.64 bits per heavy atom. The molecule has 1 aromatic rings. The molecule has 1 unspecified atom stereocenters. The second kappa shape index (κ2) is 5.78. The Hall–Kier alpha value is -0.870. The summed E-state index contributed by atoms with van der Waals surface area (Å²) in [7, 11) is 1.73. The monoisotopic (exact) mass is 197 g/mol. The second-order valence-electron chi connectivity index (χ2n) is 3.58. The fourth-order valence-corrected chi connectivity index (χ4v) is 1.23. The molecule has 14 heavy (non-hydrogen) atoms. The maximum Gasteiger partial charge on any atom is 0.0535 e. The van der Waals surface area contributed by atoms with Crippen molar-refractivity contribution in [1.82, 2.24) is 15.5 Å². The number of aromatic amines is 1. The van der Waals surface area contributed by atoms with E-state index in [0.717, 1.165) is 25.3 Å². The first kappa shape index (κ1) is 11.2. The molecule has 1 aromatic heterocycles. The predicted molar refractivity (Wildman–Crippen MR) is 56.1 cm³/mol. The maximum atomic E-state index is 5.01. The van der Waals surface area contributed by atoms with E-state index in [-0.39, 0.29) is 0 Å². The second-order valence-corrected chi connectivity index (χ2v) is 3.58. The SMILES string of the molecule is COCCC(C)NCc1cn[nH]c1C. The molecule has 0 bridgehead atoms. The quantitative estimate of drug-likeness (QED) is 0.721. The van der Waals surface area contributed by atoms with Crippen LogP contribution in [0.5, 0.6) is 0 Å². The van der Waals surface area contributed by atoms with Gasteiger partial charge in [-0.2, -0.15) is 5.10 Å². The Kier molecular flexibility index (Phi) is 4.62. The van der Waals surface area contributed by atoms with Crippen LogP contribution in [0.4, 0.5) is 0 Å². The minimum atomic E-state index is 0.476. The summed E-state index contributed by atoms with van der Waals surface area (Å²) in [5.41, 5.74) is 2.37. The molecule has 4 nitrogen and oxygen atoms in total. The number of nitrogens with zero attached hydrogens (tertiary/aromatic N) is 1. The van der Waals surface area contributed by atoms with Gasteiger partial charge in [0.25, 0.3) is 0 Å². The lowest BCUT2D eigenvalue weighted by Crippen LogP contribution is -2.26. The Labute approximate surface area is 85.0 Å². The van der Waals surface area contributed by atoms with Gasteiger partial charge < -0.3 is 10.1 Å². The van der Waals surface area contributed by atoms with E-state index in [1.54, 1.807) is 7.11 Å². The van der Waals surface area contributed by atoms with E-state index in [2.05, 4.69) is 22.4 Å². The summed E-state index contributed by atoms with van der Waals surface area (Å²) >= 11 is 0. The van der Waals surface area contributed by atoms with E-state index in [9.17, 15) is 0 Å². The van der Waals surface area contributed by atoms with E-state index in [0.29, 0.717) is 6.04 Å². The van der Waals surface area contributed by atoms with Crippen molar-refractivity contribution in [1.29, 1.82) is 0 Å². The highest BCUT2D eigenvalue weighted by Gasteiger charge is 2.03. The van der Waals surface area contributed by atoms with Crippen LogP contribution in [-0.4, -0.2) is 30.0 Å². The molecule has 0 amide bonds. The minimum absolute atomic E-state index is 0.476. The summed E-state index contributed by atoms with van der Waals surface area (Å²) in [6.07, 6.45) is 2.90. The Morgan fingerprint density at radius 3 is 3.00 bits per heavy atom. The highest BCUT2D eigenvalue weighted by molar-refractivity contribution is 5.13. The highest BCUT2D eigenvalue weighted by Crippen LogP contribution is 2.02. The van der Waals surface area contributed by atoms with Crippen LogP contribution in [-0.2, 0) is 11.3 Å². The van der Waals surface area contributed by atoms with Gasteiger partial charge in [0.1, 0.15) is 0 Å². The third-order valence-corrected chi connectivity index (χ3v) is 2.33. The first-order chi connectivity index (χ1) is 6.74. The lowest BCUT2D eigenvalue weighted by molar-refractivity contribution is 0.184. The number of hydrogen-bond acceptors (Lipinski definition) is 3. The number of hydrogen-bond donors (Lipinski definition) is 2. The molecule has 0 aromatic carbocycles. The van der Waals surface area contributed by atoms with Crippen LogP contribution in [0.2, 0.25) is 0 Å². The fourth-order valence-electron chi connectivity index (χ4n) is 1.23. The molecule has 0 aliphatic rings. The van der Waals surface area contributed by atoms with E-state index in [1.165, 1.54) is 5.56 Å². The molecule has 0 saturated carbocycles. The zero-order valence-electron chi connectivity index (χ0n) is 9.13. The highest BCUT2D eigenvalue weighted by atomic mass is 16.5. The van der Waals surface area contributed by atoms with E-state index in [1.807, 2.05) is 13.1 Å². The van der Waals surface area contributed by atoms with Crippen molar-refractivity contribution in [2.45, 2.75) is 32.9 Å². The molecule has 1 heterocycles. The summed E-state index contributed by atoms with van der Waals surface area (Å²) in [5.74, 6) is 0. The number of rotatable bonds is 6. The van der Waals surface area contributed by atoms with Gasteiger partial charge in [0.05, 0.1) is 6.20 Å². The van der Waals surface area contributed by atoms with Crippen molar-refractivity contribution in [2.24, 2.45) is 0 Å². The van der Waals surface area contributed by atoms with Gasteiger partial charge in [-0.25, -0.2) is 0 Å². The number of methoxy groups -OCH3 is 1. The van der Waals surface area contributed by atoms with Gasteiger partial charge in [-0.3, -0.25) is 5.10 Å². The van der Waals surface area contributed by atoms with Crippen LogP contribution < -0.4 is 5.32 Å². The van der Waals surface area contributed by atoms with Crippen LogP contribution >= 0.6 is 0 Å². The number of nitrogens with one attached hydrogen (secondary N) is 2. The first-order valence-electron chi connectivity index (χ1n) is 4.95. The Bertz CT molecular complexity index is 260. The smallest absolute Gasteiger partial charge is 0.0535 e. The first-order valence-corrected chi connectivity index (χ1v) is 4.95. The third kappa shape index (κ3) is 3.47. The summed E-state index contributed by atoms with van der Waals surface area (Å²) in [4.78, 5) is 0. The average molecular weight is 197 g/mol. The van der Waals surface area contributed by atoms with Crippen LogP contribution in [0.1, 0.15) is 24.6 Å². The predicted octanol–water partition coefficient (Wildman–Crippen LogP) is 1.23. The molecule has 1 rings (SSSR count). The topological polar surface area (TPSA) is 49.9 Å². The summed E-state index contributed by atoms with van der Waals surface area (Å²) in [6.45, 7) is 5.87. The molecule has 1 atom stereocenters. The van der Waals surface area contributed by atoms with Gasteiger partial charge in [0.2, 0.25) is 0 Å². The van der Waals surface area contributed by atoms with E-state index >= 15 is 0 Å². The van der Waals surface area contributed by atoms with Gasteiger partial charge in [-0.15, -0.1) is 0 Å². The van der Waals surface area contributed by atoms with Gasteiger partial charge in [-0.05, 0) is 20.3 Å². The summed E-state index contributed by atoms with van der Waals surface area (Å²) in [5, 5.41) is 10.3. The number of ether oxygens (including phenoxy) is 1. The molecule has 2 N–H and O–H groups in total. The van der Waals surface area contributed by atoms with Gasteiger partial charge >= 0.3 is 0 Å². The molecular weight excluding hydrogens is 178 g/mol. The number of aryl methyl sites for hydroxylation is 1. The molecule has 0 saturated heterocycles. The van der Waals surface area contributed by atoms with Crippen LogP contribution in [0, 0.1) is 6.92 Å². The summed E-state index contributed by atoms with van der Waals surface area (Å²) in [6, 6.07) is 0.476. The van der Waals surface area contributed by atoms with Crippen molar-refractivity contribution in [3.8, 4) is 0 Å². The van der Waals surface area contributed by atoms with Crippen molar-refractivity contribution in [2.75, 3.05) is 13.7 Å². The third-order valence-electron chi connectivity index (χ3n) is 2.33. The molecule has 80 valence electrons. The molecule has 0 aliphatic heterocycles. The van der Waals surface area contributed by atoms with Crippen LogP contribution in [0.25, 0.3) is 0 Å². The average Bonchev–Trinajstić information content (AvgIpc) is 2.58. The lowest BCUT2D eigenvalue weighted by Gasteiger charge is -2.12. The van der Waals surface area contributed by atoms with Gasteiger partial charge in [-0.1, -0.05) is 0 Å². The van der Waals surface area contributed by atoms with Gasteiger partial charge in [0, 0.05) is 37.6 Å². The molecular formula is C10H19N3O. The summed E-state index contributed by atoms with van der Waals surface area (Å²) < 4.78 is 5.01. The Balaban J connectivity index is 2.23. The number of aromatic nitrogens is 2. The lowest BCUT2D eigenvalue weighted by atomic mass is 10.2. The standard InChI is InChI=1S/C10H19N3O/c1-8(4-5-14-3)11-6-10-7-12-13-9(10)2/h7-8,11H,4-6H2,1-3H3,(H,12,13). The molecule has 0 aliphatic carbocycles. The molecule has 0 spiro atoms. The normalized spacial score (nSPS) is 13.1. The Morgan fingerprint density at radius 2 is 2.43 bits per heavy atom. The van der Waals surface area contributed by atoms with Crippen molar-refractivity contribution in [3.63, 3.8) is 0 Å². The molecule has 0 fully saturated rings.